The van der Waals surface area contributed by atoms with Crippen LogP contribution in [0.2, 0.25) is 12.1 Å². The molecule has 0 radical (unpaired) electrons. The van der Waals surface area contributed by atoms with E-state index in [0.717, 1.165) is 6.42 Å². The van der Waals surface area contributed by atoms with Gasteiger partial charge >= 0.3 is 0 Å². The number of rotatable bonds is 3. The van der Waals surface area contributed by atoms with E-state index in [1.165, 1.54) is 24.9 Å². The number of hydrogen-bond acceptors (Lipinski definition) is 3. The largest absolute Gasteiger partial charge is 0.398 e. The van der Waals surface area contributed by atoms with Gasteiger partial charge in [0.15, 0.2) is 9.04 Å². The van der Waals surface area contributed by atoms with Crippen molar-refractivity contribution in [3.05, 3.63) is 0 Å². The highest BCUT2D eigenvalue weighted by Gasteiger charge is 2.22. The molecule has 1 saturated heterocycles. The highest BCUT2D eigenvalue weighted by Crippen LogP contribution is 2.20. The molecule has 1 fully saturated rings. The Labute approximate surface area is 74.6 Å². The second kappa shape index (κ2) is 5.25. The van der Waals surface area contributed by atoms with Crippen LogP contribution < -0.4 is 0 Å². The van der Waals surface area contributed by atoms with Gasteiger partial charge in [-0.2, -0.15) is 4.99 Å². The molecule has 0 bridgehead atoms. The van der Waals surface area contributed by atoms with Crippen molar-refractivity contribution >= 4 is 15.1 Å². The Morgan fingerprint density at radius 1 is 1.75 bits per heavy atom. The molecule has 0 aliphatic carbocycles. The van der Waals surface area contributed by atoms with Crippen molar-refractivity contribution < 1.29 is 9.22 Å². The minimum absolute atomic E-state index is 0.153. The van der Waals surface area contributed by atoms with Crippen molar-refractivity contribution in [2.75, 3.05) is 0 Å². The predicted octanol–water partition coefficient (Wildman–Crippen LogP) is 1.59. The summed E-state index contributed by atoms with van der Waals surface area (Å²) < 4.78 is 5.68. The third kappa shape index (κ3) is 2.89. The third-order valence-electron chi connectivity index (χ3n) is 2.13. The number of aliphatic imine (C=N–C) groups is 1. The maximum Gasteiger partial charge on any atom is 0.237 e. The lowest BCUT2D eigenvalue weighted by Gasteiger charge is -2.25. The van der Waals surface area contributed by atoms with Gasteiger partial charge in [0.1, 0.15) is 6.23 Å². The second-order valence-electron chi connectivity index (χ2n) is 3.15. The fourth-order valence-electron chi connectivity index (χ4n) is 1.57. The molecule has 0 N–H and O–H groups in total. The van der Waals surface area contributed by atoms with Crippen LogP contribution in [0.5, 0.6) is 0 Å². The topological polar surface area (TPSA) is 38.7 Å². The molecule has 1 heterocycles. The fraction of sp³-hybridized carbons (Fsp3) is 0.875. The molecule has 2 unspecified atom stereocenters. The molecule has 4 heteroatoms. The zero-order valence-electron chi connectivity index (χ0n) is 7.45. The van der Waals surface area contributed by atoms with Gasteiger partial charge < -0.3 is 4.43 Å². The summed E-state index contributed by atoms with van der Waals surface area (Å²) in [6.07, 6.45) is 4.69. The lowest BCUT2D eigenvalue weighted by Crippen LogP contribution is -2.29. The summed E-state index contributed by atoms with van der Waals surface area (Å²) in [4.78, 5) is 13.6. The molecule has 1 rings (SSSR count). The zero-order chi connectivity index (χ0) is 8.81. The summed E-state index contributed by atoms with van der Waals surface area (Å²) in [7, 11) is -0.988. The summed E-state index contributed by atoms with van der Waals surface area (Å²) in [5, 5.41) is 0. The summed E-state index contributed by atoms with van der Waals surface area (Å²) >= 11 is 0. The SMILES string of the molecule is CCC[SiH]1CCCC(N=C=O)O1. The quantitative estimate of drug-likeness (QED) is 0.380. The molecule has 0 aromatic heterocycles. The second-order valence-corrected chi connectivity index (χ2v) is 5.82. The van der Waals surface area contributed by atoms with Crippen molar-refractivity contribution in [2.24, 2.45) is 4.99 Å². The van der Waals surface area contributed by atoms with Crippen molar-refractivity contribution in [1.29, 1.82) is 0 Å². The van der Waals surface area contributed by atoms with Crippen LogP contribution in [0.1, 0.15) is 26.2 Å². The lowest BCUT2D eigenvalue weighted by molar-refractivity contribution is 0.179. The highest BCUT2D eigenvalue weighted by atomic mass is 28.3. The molecule has 0 amide bonds. The molecule has 1 aliphatic heterocycles. The molecular weight excluding hydrogens is 170 g/mol. The molecule has 1 aliphatic rings. The van der Waals surface area contributed by atoms with Crippen LogP contribution in [-0.2, 0) is 9.22 Å². The Hall–Kier alpha value is -0.443. The maximum absolute atomic E-state index is 9.98. The van der Waals surface area contributed by atoms with Crippen molar-refractivity contribution in [1.82, 2.24) is 0 Å². The van der Waals surface area contributed by atoms with E-state index < -0.39 is 9.04 Å². The minimum Gasteiger partial charge on any atom is -0.398 e. The van der Waals surface area contributed by atoms with Crippen molar-refractivity contribution in [3.63, 3.8) is 0 Å². The Kier molecular flexibility index (Phi) is 4.22. The van der Waals surface area contributed by atoms with Gasteiger partial charge in [-0.1, -0.05) is 13.3 Å². The van der Waals surface area contributed by atoms with E-state index in [1.807, 2.05) is 0 Å². The van der Waals surface area contributed by atoms with Crippen LogP contribution in [0.15, 0.2) is 4.99 Å². The molecule has 0 spiro atoms. The van der Waals surface area contributed by atoms with Crippen LogP contribution in [-0.4, -0.2) is 21.3 Å². The number of nitrogens with zero attached hydrogens (tertiary/aromatic N) is 1. The fourth-order valence-corrected chi connectivity index (χ4v) is 4.10. The van der Waals surface area contributed by atoms with Gasteiger partial charge in [0.2, 0.25) is 6.08 Å². The monoisotopic (exact) mass is 185 g/mol. The predicted molar refractivity (Wildman–Crippen MR) is 49.3 cm³/mol. The first-order valence-corrected chi connectivity index (χ1v) is 6.69. The van der Waals surface area contributed by atoms with E-state index >= 15 is 0 Å². The van der Waals surface area contributed by atoms with E-state index in [1.54, 1.807) is 6.08 Å². The van der Waals surface area contributed by atoms with E-state index in [2.05, 4.69) is 11.9 Å². The molecular formula is C8H15NO2Si. The average molecular weight is 185 g/mol. The van der Waals surface area contributed by atoms with Crippen LogP contribution in [0, 0.1) is 0 Å². The van der Waals surface area contributed by atoms with Crippen molar-refractivity contribution in [3.8, 4) is 0 Å². The molecule has 0 saturated carbocycles. The average Bonchev–Trinajstić information content (AvgIpc) is 2.06. The lowest BCUT2D eigenvalue weighted by atomic mass is 10.3. The Balaban J connectivity index is 2.34. The van der Waals surface area contributed by atoms with E-state index in [9.17, 15) is 4.79 Å². The zero-order valence-corrected chi connectivity index (χ0v) is 8.61. The van der Waals surface area contributed by atoms with E-state index in [-0.39, 0.29) is 6.23 Å². The van der Waals surface area contributed by atoms with Gasteiger partial charge in [0.25, 0.3) is 0 Å². The summed E-state index contributed by atoms with van der Waals surface area (Å²) in [5.41, 5.74) is 0. The molecule has 2 atom stereocenters. The van der Waals surface area contributed by atoms with Crippen LogP contribution in [0.25, 0.3) is 0 Å². The van der Waals surface area contributed by atoms with Gasteiger partial charge in [-0.25, -0.2) is 4.79 Å². The highest BCUT2D eigenvalue weighted by molar-refractivity contribution is 6.52. The van der Waals surface area contributed by atoms with E-state index in [0.29, 0.717) is 0 Å². The molecule has 0 aromatic rings. The summed E-state index contributed by atoms with van der Waals surface area (Å²) in [5.74, 6) is 0. The Morgan fingerprint density at radius 2 is 2.58 bits per heavy atom. The standard InChI is InChI=1S/C8H15NO2Si/c1-2-5-12-6-3-4-8(11-12)9-7-10/h8,12H,2-6H2,1H3. The Morgan fingerprint density at radius 3 is 3.25 bits per heavy atom. The molecule has 3 nitrogen and oxygen atoms in total. The molecule has 12 heavy (non-hydrogen) atoms. The minimum atomic E-state index is -0.988. The van der Waals surface area contributed by atoms with Gasteiger partial charge in [0, 0.05) is 0 Å². The first-order valence-electron chi connectivity index (χ1n) is 4.59. The Bertz CT molecular complexity index is 178. The van der Waals surface area contributed by atoms with Crippen LogP contribution >= 0.6 is 0 Å². The number of carbonyl (C=O) groups excluding carboxylic acids is 1. The number of isocyanates is 1. The van der Waals surface area contributed by atoms with E-state index in [4.69, 9.17) is 4.43 Å². The first-order chi connectivity index (χ1) is 5.86. The third-order valence-corrected chi connectivity index (χ3v) is 5.11. The first kappa shape index (κ1) is 9.64. The summed E-state index contributed by atoms with van der Waals surface area (Å²) in [6.45, 7) is 2.17. The van der Waals surface area contributed by atoms with Gasteiger partial charge in [-0.05, 0) is 24.9 Å². The van der Waals surface area contributed by atoms with Crippen LogP contribution in [0.3, 0.4) is 0 Å². The number of hydrogen-bond donors (Lipinski definition) is 0. The van der Waals surface area contributed by atoms with Crippen molar-refractivity contribution in [2.45, 2.75) is 44.5 Å². The normalized spacial score (nSPS) is 29.4. The summed E-state index contributed by atoms with van der Waals surface area (Å²) in [6, 6.07) is 2.46. The van der Waals surface area contributed by atoms with Gasteiger partial charge in [-0.15, -0.1) is 0 Å². The molecule has 0 aromatic carbocycles. The van der Waals surface area contributed by atoms with Crippen LogP contribution in [0.4, 0.5) is 0 Å². The van der Waals surface area contributed by atoms with Gasteiger partial charge in [0.05, 0.1) is 0 Å². The molecule has 68 valence electrons. The maximum atomic E-state index is 9.98. The smallest absolute Gasteiger partial charge is 0.237 e. The van der Waals surface area contributed by atoms with Gasteiger partial charge in [-0.3, -0.25) is 0 Å².